The Morgan fingerprint density at radius 3 is 2.63 bits per heavy atom. The summed E-state index contributed by atoms with van der Waals surface area (Å²) in [6.07, 6.45) is 0. The molecule has 2 N–H and O–H groups in total. The number of hydrogen-bond acceptors (Lipinski definition) is 7. The Labute approximate surface area is 114 Å². The van der Waals surface area contributed by atoms with Crippen LogP contribution in [0.1, 0.15) is 19.7 Å². The second-order valence-electron chi connectivity index (χ2n) is 4.62. The number of aromatic nitrogens is 2. The first kappa shape index (κ1) is 15.9. The van der Waals surface area contributed by atoms with E-state index in [1.165, 1.54) is 0 Å². The van der Waals surface area contributed by atoms with Crippen molar-refractivity contribution in [3.8, 4) is 0 Å². The second kappa shape index (κ2) is 8.84. The third kappa shape index (κ3) is 6.00. The fourth-order valence-corrected chi connectivity index (χ4v) is 1.49. The first-order valence-corrected chi connectivity index (χ1v) is 6.44. The number of ether oxygens (including phenoxy) is 2. The van der Waals surface area contributed by atoms with Gasteiger partial charge in [-0.05, 0) is 5.92 Å². The Balaban J connectivity index is 2.40. The first-order valence-electron chi connectivity index (χ1n) is 6.44. The molecule has 1 aromatic rings. The minimum Gasteiger partial charge on any atom is -0.407 e. The van der Waals surface area contributed by atoms with Crippen molar-refractivity contribution in [3.05, 3.63) is 5.89 Å². The number of anilines is 1. The van der Waals surface area contributed by atoms with Gasteiger partial charge in [-0.25, -0.2) is 0 Å². The molecule has 1 rings (SSSR count). The van der Waals surface area contributed by atoms with E-state index in [0.29, 0.717) is 37.6 Å². The molecule has 0 aliphatic rings. The fourth-order valence-electron chi connectivity index (χ4n) is 1.49. The van der Waals surface area contributed by atoms with Crippen LogP contribution in [0.25, 0.3) is 0 Å². The predicted octanol–water partition coefficient (Wildman–Crippen LogP) is 0.888. The van der Waals surface area contributed by atoms with Gasteiger partial charge in [-0.1, -0.05) is 18.9 Å². The van der Waals surface area contributed by atoms with Crippen LogP contribution in [0.2, 0.25) is 0 Å². The molecule has 0 spiro atoms. The van der Waals surface area contributed by atoms with Gasteiger partial charge >= 0.3 is 6.01 Å². The Kier molecular flexibility index (Phi) is 7.39. The zero-order valence-electron chi connectivity index (χ0n) is 12.1. The van der Waals surface area contributed by atoms with Gasteiger partial charge in [-0.15, -0.1) is 5.10 Å². The van der Waals surface area contributed by atoms with E-state index >= 15 is 0 Å². The van der Waals surface area contributed by atoms with Crippen LogP contribution in [0.4, 0.5) is 6.01 Å². The average Bonchev–Trinajstić information content (AvgIpc) is 2.82. The molecule has 1 unspecified atom stereocenters. The van der Waals surface area contributed by atoms with Gasteiger partial charge in [0.05, 0.1) is 25.8 Å². The van der Waals surface area contributed by atoms with Crippen molar-refractivity contribution >= 4 is 6.01 Å². The molecule has 0 aliphatic carbocycles. The minimum atomic E-state index is 0.153. The number of rotatable bonds is 10. The number of nitrogens with one attached hydrogen (secondary N) is 2. The average molecular weight is 272 g/mol. The molecule has 7 nitrogen and oxygen atoms in total. The molecule has 0 aromatic carbocycles. The van der Waals surface area contributed by atoms with E-state index in [1.54, 1.807) is 14.2 Å². The summed E-state index contributed by atoms with van der Waals surface area (Å²) in [4.78, 5) is 0. The Bertz CT molecular complexity index is 343. The van der Waals surface area contributed by atoms with Crippen LogP contribution in [-0.2, 0) is 16.0 Å². The molecule has 1 aromatic heterocycles. The van der Waals surface area contributed by atoms with Crippen LogP contribution in [-0.4, -0.2) is 50.2 Å². The summed E-state index contributed by atoms with van der Waals surface area (Å²) in [5, 5.41) is 14.3. The smallest absolute Gasteiger partial charge is 0.315 e. The predicted molar refractivity (Wildman–Crippen MR) is 72.0 cm³/mol. The molecular weight excluding hydrogens is 248 g/mol. The molecule has 0 fully saturated rings. The van der Waals surface area contributed by atoms with E-state index in [1.807, 2.05) is 0 Å². The van der Waals surface area contributed by atoms with E-state index in [9.17, 15) is 0 Å². The van der Waals surface area contributed by atoms with Gasteiger partial charge < -0.3 is 24.5 Å². The summed E-state index contributed by atoms with van der Waals surface area (Å²) in [6.45, 7) is 6.76. The lowest BCUT2D eigenvalue weighted by molar-refractivity contribution is 0.170. The monoisotopic (exact) mass is 272 g/mol. The van der Waals surface area contributed by atoms with Gasteiger partial charge in [0.25, 0.3) is 0 Å². The van der Waals surface area contributed by atoms with E-state index in [-0.39, 0.29) is 6.04 Å². The van der Waals surface area contributed by atoms with E-state index in [0.717, 1.165) is 6.54 Å². The lowest BCUT2D eigenvalue weighted by Crippen LogP contribution is -2.30. The normalized spacial score (nSPS) is 12.9. The minimum absolute atomic E-state index is 0.153. The van der Waals surface area contributed by atoms with Gasteiger partial charge in [0.1, 0.15) is 0 Å². The maximum atomic E-state index is 5.50. The molecule has 0 saturated carbocycles. The number of hydrogen-bond donors (Lipinski definition) is 2. The van der Waals surface area contributed by atoms with Gasteiger partial charge in [0.2, 0.25) is 5.89 Å². The molecule has 0 saturated heterocycles. The third-order valence-corrected chi connectivity index (χ3v) is 2.69. The van der Waals surface area contributed by atoms with Gasteiger partial charge in [0, 0.05) is 20.8 Å². The highest BCUT2D eigenvalue weighted by Crippen LogP contribution is 2.11. The molecule has 0 bridgehead atoms. The zero-order chi connectivity index (χ0) is 14.1. The molecule has 0 aliphatic heterocycles. The van der Waals surface area contributed by atoms with Gasteiger partial charge in [-0.3, -0.25) is 0 Å². The van der Waals surface area contributed by atoms with Crippen molar-refractivity contribution in [3.63, 3.8) is 0 Å². The molecule has 7 heteroatoms. The topological polar surface area (TPSA) is 81.4 Å². The van der Waals surface area contributed by atoms with Crippen molar-refractivity contribution in [2.24, 2.45) is 5.92 Å². The van der Waals surface area contributed by atoms with Crippen LogP contribution < -0.4 is 10.6 Å². The Morgan fingerprint density at radius 1 is 1.21 bits per heavy atom. The van der Waals surface area contributed by atoms with E-state index in [2.05, 4.69) is 34.7 Å². The Hall–Kier alpha value is -1.18. The van der Waals surface area contributed by atoms with Crippen LogP contribution in [0.5, 0.6) is 0 Å². The lowest BCUT2D eigenvalue weighted by Gasteiger charge is -2.19. The van der Waals surface area contributed by atoms with Crippen molar-refractivity contribution in [1.82, 2.24) is 15.5 Å². The van der Waals surface area contributed by atoms with Crippen LogP contribution in [0, 0.1) is 5.92 Å². The van der Waals surface area contributed by atoms with E-state index in [4.69, 9.17) is 13.9 Å². The lowest BCUT2D eigenvalue weighted by atomic mass is 10.1. The number of methoxy groups -OCH3 is 2. The van der Waals surface area contributed by atoms with E-state index < -0.39 is 0 Å². The van der Waals surface area contributed by atoms with Gasteiger partial charge in [-0.2, -0.15) is 0 Å². The van der Waals surface area contributed by atoms with Crippen molar-refractivity contribution < 1.29 is 13.9 Å². The SMILES string of the molecule is COCCNCc1nnc(NC(COC)C(C)C)o1. The highest BCUT2D eigenvalue weighted by atomic mass is 16.5. The van der Waals surface area contributed by atoms with Crippen LogP contribution >= 0.6 is 0 Å². The second-order valence-corrected chi connectivity index (χ2v) is 4.62. The molecule has 1 atom stereocenters. The summed E-state index contributed by atoms with van der Waals surface area (Å²) in [7, 11) is 3.34. The zero-order valence-corrected chi connectivity index (χ0v) is 12.1. The molecule has 19 heavy (non-hydrogen) atoms. The first-order chi connectivity index (χ1) is 9.17. The molecule has 0 radical (unpaired) electrons. The summed E-state index contributed by atoms with van der Waals surface area (Å²) >= 11 is 0. The third-order valence-electron chi connectivity index (χ3n) is 2.69. The molecule has 0 amide bonds. The quantitative estimate of drug-likeness (QED) is 0.612. The van der Waals surface area contributed by atoms with Crippen molar-refractivity contribution in [2.75, 3.05) is 39.3 Å². The fraction of sp³-hybridized carbons (Fsp3) is 0.833. The molecule has 110 valence electrons. The maximum Gasteiger partial charge on any atom is 0.315 e. The standard InChI is InChI=1S/C12H24N4O3/c1-9(2)10(8-18-4)14-12-16-15-11(19-12)7-13-5-6-17-3/h9-10,13H,5-8H2,1-4H3,(H,14,16). The highest BCUT2D eigenvalue weighted by molar-refractivity contribution is 5.19. The van der Waals surface area contributed by atoms with Crippen molar-refractivity contribution in [1.29, 1.82) is 0 Å². The summed E-state index contributed by atoms with van der Waals surface area (Å²) in [6, 6.07) is 0.582. The molecular formula is C12H24N4O3. The summed E-state index contributed by atoms with van der Waals surface area (Å²) in [5.74, 6) is 0.966. The summed E-state index contributed by atoms with van der Waals surface area (Å²) < 4.78 is 15.6. The van der Waals surface area contributed by atoms with Crippen molar-refractivity contribution in [2.45, 2.75) is 26.4 Å². The molecule has 1 heterocycles. The summed E-state index contributed by atoms with van der Waals surface area (Å²) in [5.41, 5.74) is 0. The van der Waals surface area contributed by atoms with Crippen LogP contribution in [0.3, 0.4) is 0 Å². The highest BCUT2D eigenvalue weighted by Gasteiger charge is 2.16. The van der Waals surface area contributed by atoms with Gasteiger partial charge in [0.15, 0.2) is 0 Å². The largest absolute Gasteiger partial charge is 0.407 e. The maximum absolute atomic E-state index is 5.50. The Morgan fingerprint density at radius 2 is 2.00 bits per heavy atom. The van der Waals surface area contributed by atoms with Crippen LogP contribution in [0.15, 0.2) is 4.42 Å². The number of nitrogens with zero attached hydrogens (tertiary/aromatic N) is 2.